The number of rotatable bonds is 5. The topological polar surface area (TPSA) is 90.6 Å². The third-order valence-corrected chi connectivity index (χ3v) is 3.86. The number of ether oxygens (including phenoxy) is 2. The number of hydrogen-bond acceptors (Lipinski definition) is 7. The van der Waals surface area contributed by atoms with Crippen LogP contribution in [0.25, 0.3) is 4.96 Å². The van der Waals surface area contributed by atoms with Crippen molar-refractivity contribution in [2.75, 3.05) is 14.2 Å². The van der Waals surface area contributed by atoms with E-state index in [2.05, 4.69) is 20.6 Å². The highest BCUT2D eigenvalue weighted by Crippen LogP contribution is 2.22. The van der Waals surface area contributed by atoms with E-state index < -0.39 is 0 Å². The molecule has 9 heteroatoms. The van der Waals surface area contributed by atoms with Crippen LogP contribution in [0.15, 0.2) is 24.5 Å². The second-order valence-electron chi connectivity index (χ2n) is 4.34. The standard InChI is InChI=1S/C13H13N5O3S/c1-20-9-3-8(4-10(5-9)21-2)12(19)14-6-11-17-18-7-15-16-13(18)22-11/h3-5,7H,6H2,1-2H3,(H,14,19). The van der Waals surface area contributed by atoms with Gasteiger partial charge < -0.3 is 14.8 Å². The second kappa shape index (κ2) is 5.98. The molecule has 3 rings (SSSR count). The molecule has 0 bridgehead atoms. The van der Waals surface area contributed by atoms with Crippen LogP contribution in [0.1, 0.15) is 15.4 Å². The molecule has 8 nitrogen and oxygen atoms in total. The third-order valence-electron chi connectivity index (χ3n) is 2.94. The van der Waals surface area contributed by atoms with E-state index in [1.54, 1.807) is 22.7 Å². The van der Waals surface area contributed by atoms with Gasteiger partial charge in [-0.25, -0.2) is 0 Å². The molecule has 0 saturated heterocycles. The first-order valence-electron chi connectivity index (χ1n) is 6.36. The minimum Gasteiger partial charge on any atom is -0.497 e. The average molecular weight is 319 g/mol. The van der Waals surface area contributed by atoms with Crippen LogP contribution in [-0.2, 0) is 6.54 Å². The van der Waals surface area contributed by atoms with E-state index in [0.29, 0.717) is 28.6 Å². The minimum atomic E-state index is -0.233. The van der Waals surface area contributed by atoms with Crippen LogP contribution in [0, 0.1) is 0 Å². The molecule has 3 aromatic rings. The fourth-order valence-corrected chi connectivity index (χ4v) is 2.62. The second-order valence-corrected chi connectivity index (χ2v) is 5.38. The molecule has 114 valence electrons. The number of methoxy groups -OCH3 is 2. The lowest BCUT2D eigenvalue weighted by molar-refractivity contribution is 0.0950. The molecule has 0 radical (unpaired) electrons. The molecule has 0 spiro atoms. The summed E-state index contributed by atoms with van der Waals surface area (Å²) in [5.74, 6) is 0.884. The lowest BCUT2D eigenvalue weighted by Crippen LogP contribution is -2.22. The average Bonchev–Trinajstić information content (AvgIpc) is 3.13. The van der Waals surface area contributed by atoms with Crippen LogP contribution in [0.2, 0.25) is 0 Å². The van der Waals surface area contributed by atoms with Crippen molar-refractivity contribution in [1.82, 2.24) is 25.1 Å². The Morgan fingerprint density at radius 2 is 2.00 bits per heavy atom. The molecule has 1 aromatic carbocycles. The van der Waals surface area contributed by atoms with E-state index in [4.69, 9.17) is 9.47 Å². The Kier molecular flexibility index (Phi) is 3.88. The molecule has 0 aliphatic heterocycles. The van der Waals surface area contributed by atoms with Gasteiger partial charge in [0, 0.05) is 11.6 Å². The molecule has 0 unspecified atom stereocenters. The Balaban J connectivity index is 1.72. The highest BCUT2D eigenvalue weighted by Gasteiger charge is 2.11. The van der Waals surface area contributed by atoms with Gasteiger partial charge in [0.2, 0.25) is 4.96 Å². The molecule has 0 fully saturated rings. The largest absolute Gasteiger partial charge is 0.497 e. The van der Waals surface area contributed by atoms with Crippen molar-refractivity contribution in [3.63, 3.8) is 0 Å². The monoisotopic (exact) mass is 319 g/mol. The molecule has 22 heavy (non-hydrogen) atoms. The molecular weight excluding hydrogens is 306 g/mol. The zero-order chi connectivity index (χ0) is 15.5. The normalized spacial score (nSPS) is 10.6. The Morgan fingerprint density at radius 3 is 2.64 bits per heavy atom. The summed E-state index contributed by atoms with van der Waals surface area (Å²) >= 11 is 1.37. The van der Waals surface area contributed by atoms with Crippen molar-refractivity contribution in [1.29, 1.82) is 0 Å². The van der Waals surface area contributed by atoms with Crippen molar-refractivity contribution in [2.24, 2.45) is 0 Å². The molecule has 2 aromatic heterocycles. The Labute approximate surface area is 129 Å². The maximum absolute atomic E-state index is 12.2. The smallest absolute Gasteiger partial charge is 0.251 e. The van der Waals surface area contributed by atoms with Crippen LogP contribution in [0.3, 0.4) is 0 Å². The van der Waals surface area contributed by atoms with Crippen molar-refractivity contribution in [3.8, 4) is 11.5 Å². The van der Waals surface area contributed by atoms with Crippen molar-refractivity contribution in [2.45, 2.75) is 6.54 Å². The number of aromatic nitrogens is 4. The van der Waals surface area contributed by atoms with E-state index in [0.717, 1.165) is 5.01 Å². The van der Waals surface area contributed by atoms with Gasteiger partial charge in [0.25, 0.3) is 5.91 Å². The number of benzene rings is 1. The summed E-state index contributed by atoms with van der Waals surface area (Å²) < 4.78 is 11.9. The van der Waals surface area contributed by atoms with Crippen LogP contribution in [0.4, 0.5) is 0 Å². The first-order chi connectivity index (χ1) is 10.7. The Hall–Kier alpha value is -2.68. The van der Waals surface area contributed by atoms with Crippen molar-refractivity contribution >= 4 is 22.2 Å². The van der Waals surface area contributed by atoms with Gasteiger partial charge in [-0.3, -0.25) is 4.79 Å². The summed E-state index contributed by atoms with van der Waals surface area (Å²) in [7, 11) is 3.08. The van der Waals surface area contributed by atoms with Gasteiger partial charge in [-0.2, -0.15) is 9.61 Å². The van der Waals surface area contributed by atoms with Gasteiger partial charge in [0.15, 0.2) is 0 Å². The van der Waals surface area contributed by atoms with Crippen LogP contribution in [0.5, 0.6) is 11.5 Å². The quantitative estimate of drug-likeness (QED) is 0.758. The van der Waals surface area contributed by atoms with Crippen molar-refractivity contribution in [3.05, 3.63) is 35.1 Å². The molecule has 2 heterocycles. The van der Waals surface area contributed by atoms with E-state index in [-0.39, 0.29) is 5.91 Å². The molecule has 0 atom stereocenters. The molecular formula is C13H13N5O3S. The summed E-state index contributed by atoms with van der Waals surface area (Å²) in [6.07, 6.45) is 1.52. The van der Waals surface area contributed by atoms with Gasteiger partial charge in [-0.1, -0.05) is 11.3 Å². The van der Waals surface area contributed by atoms with Gasteiger partial charge in [-0.15, -0.1) is 10.2 Å². The molecule has 0 saturated carbocycles. The molecule has 1 N–H and O–H groups in total. The first-order valence-corrected chi connectivity index (χ1v) is 7.18. The highest BCUT2D eigenvalue weighted by atomic mass is 32.1. The van der Waals surface area contributed by atoms with Crippen molar-refractivity contribution < 1.29 is 14.3 Å². The SMILES string of the molecule is COc1cc(OC)cc(C(=O)NCc2nn3cnnc3s2)c1. The van der Waals surface area contributed by atoms with E-state index in [1.807, 2.05) is 0 Å². The van der Waals surface area contributed by atoms with E-state index in [1.165, 1.54) is 31.9 Å². The van der Waals surface area contributed by atoms with E-state index in [9.17, 15) is 4.79 Å². The number of nitrogens with one attached hydrogen (secondary N) is 1. The fraction of sp³-hybridized carbons (Fsp3) is 0.231. The zero-order valence-corrected chi connectivity index (χ0v) is 12.8. The summed E-state index contributed by atoms with van der Waals surface area (Å²) in [5, 5.41) is 15.4. The molecule has 0 aliphatic carbocycles. The fourth-order valence-electron chi connectivity index (χ4n) is 1.87. The lowest BCUT2D eigenvalue weighted by atomic mass is 10.2. The summed E-state index contributed by atoms with van der Waals surface area (Å²) in [6.45, 7) is 0.312. The molecule has 1 amide bonds. The lowest BCUT2D eigenvalue weighted by Gasteiger charge is -2.08. The summed E-state index contributed by atoms with van der Waals surface area (Å²) in [5.41, 5.74) is 0.458. The number of amides is 1. The van der Waals surface area contributed by atoms with E-state index >= 15 is 0 Å². The predicted molar refractivity (Wildman–Crippen MR) is 79.4 cm³/mol. The maximum Gasteiger partial charge on any atom is 0.251 e. The maximum atomic E-state index is 12.2. The van der Waals surface area contributed by atoms with Crippen LogP contribution < -0.4 is 14.8 Å². The molecule has 0 aliphatic rings. The van der Waals surface area contributed by atoms with Crippen LogP contribution in [-0.4, -0.2) is 39.9 Å². The third kappa shape index (κ3) is 2.84. The van der Waals surface area contributed by atoms with Gasteiger partial charge in [0.05, 0.1) is 20.8 Å². The Bertz CT molecular complexity index is 762. The summed E-state index contributed by atoms with van der Waals surface area (Å²) in [4.78, 5) is 12.9. The van der Waals surface area contributed by atoms with Gasteiger partial charge >= 0.3 is 0 Å². The minimum absolute atomic E-state index is 0.233. The number of carbonyl (C=O) groups excluding carboxylic acids is 1. The number of carbonyl (C=O) groups is 1. The zero-order valence-electron chi connectivity index (χ0n) is 11.9. The Morgan fingerprint density at radius 1 is 1.27 bits per heavy atom. The summed E-state index contributed by atoms with van der Waals surface area (Å²) in [6, 6.07) is 5.01. The first kappa shape index (κ1) is 14.3. The number of nitrogens with zero attached hydrogens (tertiary/aromatic N) is 4. The number of fused-ring (bicyclic) bond motifs is 1. The highest BCUT2D eigenvalue weighted by molar-refractivity contribution is 7.16. The number of hydrogen-bond donors (Lipinski definition) is 1. The van der Waals surface area contributed by atoms with Gasteiger partial charge in [-0.05, 0) is 12.1 Å². The van der Waals surface area contributed by atoms with Gasteiger partial charge in [0.1, 0.15) is 22.8 Å². The predicted octanol–water partition coefficient (Wildman–Crippen LogP) is 1.13. The van der Waals surface area contributed by atoms with Crippen LogP contribution >= 0.6 is 11.3 Å².